The minimum absolute atomic E-state index is 0.461. The van der Waals surface area contributed by atoms with E-state index in [1.54, 1.807) is 0 Å². The summed E-state index contributed by atoms with van der Waals surface area (Å²) in [5.74, 6) is 1.84. The van der Waals surface area contributed by atoms with Crippen molar-refractivity contribution in [2.24, 2.45) is 0 Å². The van der Waals surface area contributed by atoms with E-state index in [4.69, 9.17) is 9.47 Å². The van der Waals surface area contributed by atoms with Crippen LogP contribution in [0.4, 0.5) is 0 Å². The Kier molecular flexibility index (Phi) is 2.93. The van der Waals surface area contributed by atoms with Gasteiger partial charge in [-0.15, -0.1) is 0 Å². The molecule has 1 atom stereocenters. The van der Waals surface area contributed by atoms with E-state index in [0.29, 0.717) is 19.3 Å². The Labute approximate surface area is 102 Å². The molecule has 3 rings (SSSR count). The van der Waals surface area contributed by atoms with E-state index in [0.717, 1.165) is 17.9 Å². The summed E-state index contributed by atoms with van der Waals surface area (Å²) in [4.78, 5) is 0. The fourth-order valence-electron chi connectivity index (χ4n) is 2.81. The maximum Gasteiger partial charge on any atom is 0.161 e. The molecule has 1 unspecified atom stereocenters. The van der Waals surface area contributed by atoms with E-state index >= 15 is 0 Å². The van der Waals surface area contributed by atoms with Gasteiger partial charge in [0.2, 0.25) is 0 Å². The van der Waals surface area contributed by atoms with Crippen LogP contribution in [0.2, 0.25) is 0 Å². The second kappa shape index (κ2) is 4.57. The summed E-state index contributed by atoms with van der Waals surface area (Å²) < 4.78 is 11.3. The van der Waals surface area contributed by atoms with E-state index in [-0.39, 0.29) is 0 Å². The number of rotatable bonds is 1. The maximum absolute atomic E-state index is 5.67. The molecule has 3 nitrogen and oxygen atoms in total. The lowest BCUT2D eigenvalue weighted by Crippen LogP contribution is -2.19. The number of fused-ring (bicyclic) bond motifs is 2. The molecule has 17 heavy (non-hydrogen) atoms. The largest absolute Gasteiger partial charge is 0.486 e. The first-order chi connectivity index (χ1) is 8.38. The third kappa shape index (κ3) is 2.00. The number of aryl methyl sites for hydroxylation is 1. The van der Waals surface area contributed by atoms with Crippen LogP contribution < -0.4 is 14.8 Å². The van der Waals surface area contributed by atoms with Crippen molar-refractivity contribution in [2.45, 2.75) is 31.7 Å². The van der Waals surface area contributed by atoms with Gasteiger partial charge < -0.3 is 14.8 Å². The molecular formula is C14H19NO2. The van der Waals surface area contributed by atoms with Crippen LogP contribution in [0.3, 0.4) is 0 Å². The summed E-state index contributed by atoms with van der Waals surface area (Å²) in [6.45, 7) is 1.33. The molecule has 1 aromatic rings. The van der Waals surface area contributed by atoms with Crippen molar-refractivity contribution in [3.8, 4) is 11.5 Å². The van der Waals surface area contributed by atoms with Crippen molar-refractivity contribution in [1.82, 2.24) is 5.32 Å². The quantitative estimate of drug-likeness (QED) is 0.756. The molecule has 1 aromatic carbocycles. The number of hydrogen-bond acceptors (Lipinski definition) is 3. The summed E-state index contributed by atoms with van der Waals surface area (Å²) in [6, 6.07) is 4.82. The van der Waals surface area contributed by atoms with Gasteiger partial charge in [-0.25, -0.2) is 0 Å². The smallest absolute Gasteiger partial charge is 0.161 e. The van der Waals surface area contributed by atoms with Crippen LogP contribution in [0.15, 0.2) is 12.1 Å². The number of hydrogen-bond donors (Lipinski definition) is 1. The first kappa shape index (κ1) is 10.9. The molecule has 1 aliphatic carbocycles. The SMILES string of the molecule is CNC1CCCCc2cc3c(cc21)OCCO3. The number of ether oxygens (including phenoxy) is 2. The fraction of sp³-hybridized carbons (Fsp3) is 0.571. The van der Waals surface area contributed by atoms with Crippen molar-refractivity contribution in [1.29, 1.82) is 0 Å². The molecule has 1 aliphatic heterocycles. The van der Waals surface area contributed by atoms with Gasteiger partial charge in [0.25, 0.3) is 0 Å². The zero-order valence-electron chi connectivity index (χ0n) is 10.3. The average Bonchev–Trinajstić information content (AvgIpc) is 2.57. The van der Waals surface area contributed by atoms with Crippen molar-refractivity contribution in [3.05, 3.63) is 23.3 Å². The molecule has 0 bridgehead atoms. The second-order valence-electron chi connectivity index (χ2n) is 4.78. The Morgan fingerprint density at radius 3 is 2.65 bits per heavy atom. The minimum Gasteiger partial charge on any atom is -0.486 e. The lowest BCUT2D eigenvalue weighted by atomic mass is 9.98. The topological polar surface area (TPSA) is 30.5 Å². The summed E-state index contributed by atoms with van der Waals surface area (Å²) in [7, 11) is 2.04. The van der Waals surface area contributed by atoms with Crippen molar-refractivity contribution < 1.29 is 9.47 Å². The van der Waals surface area contributed by atoms with Crippen LogP contribution in [-0.2, 0) is 6.42 Å². The maximum atomic E-state index is 5.67. The summed E-state index contributed by atoms with van der Waals surface area (Å²) >= 11 is 0. The molecule has 0 saturated heterocycles. The van der Waals surface area contributed by atoms with E-state index in [2.05, 4.69) is 17.4 Å². The van der Waals surface area contributed by atoms with Gasteiger partial charge in [0.15, 0.2) is 11.5 Å². The molecule has 1 N–H and O–H groups in total. The average molecular weight is 233 g/mol. The summed E-state index contributed by atoms with van der Waals surface area (Å²) in [5, 5.41) is 3.41. The van der Waals surface area contributed by atoms with Gasteiger partial charge in [-0.05, 0) is 49.6 Å². The van der Waals surface area contributed by atoms with Gasteiger partial charge in [-0.3, -0.25) is 0 Å². The predicted molar refractivity (Wildman–Crippen MR) is 66.8 cm³/mol. The van der Waals surface area contributed by atoms with E-state index in [1.165, 1.54) is 30.4 Å². The molecule has 0 saturated carbocycles. The zero-order valence-corrected chi connectivity index (χ0v) is 10.3. The number of nitrogens with one attached hydrogen (secondary N) is 1. The molecule has 0 amide bonds. The Balaban J connectivity index is 2.04. The Morgan fingerprint density at radius 1 is 1.12 bits per heavy atom. The molecule has 3 heteroatoms. The summed E-state index contributed by atoms with van der Waals surface area (Å²) in [5.41, 5.74) is 2.82. The predicted octanol–water partition coefficient (Wildman–Crippen LogP) is 2.44. The van der Waals surface area contributed by atoms with Gasteiger partial charge in [0, 0.05) is 6.04 Å². The molecule has 0 fully saturated rings. The van der Waals surface area contributed by atoms with Crippen LogP contribution in [0, 0.1) is 0 Å². The minimum atomic E-state index is 0.461. The Bertz CT molecular complexity index is 417. The van der Waals surface area contributed by atoms with Crippen LogP contribution >= 0.6 is 0 Å². The fourth-order valence-corrected chi connectivity index (χ4v) is 2.81. The van der Waals surface area contributed by atoms with Gasteiger partial charge in [0.1, 0.15) is 13.2 Å². The van der Waals surface area contributed by atoms with E-state index < -0.39 is 0 Å². The lowest BCUT2D eigenvalue weighted by molar-refractivity contribution is 0.171. The molecule has 1 heterocycles. The Hall–Kier alpha value is -1.22. The van der Waals surface area contributed by atoms with E-state index in [9.17, 15) is 0 Å². The van der Waals surface area contributed by atoms with E-state index in [1.807, 2.05) is 7.05 Å². The van der Waals surface area contributed by atoms with Gasteiger partial charge >= 0.3 is 0 Å². The highest BCUT2D eigenvalue weighted by atomic mass is 16.6. The molecule has 0 radical (unpaired) electrons. The highest BCUT2D eigenvalue weighted by molar-refractivity contribution is 5.49. The monoisotopic (exact) mass is 233 g/mol. The van der Waals surface area contributed by atoms with Crippen LogP contribution in [0.1, 0.15) is 36.4 Å². The summed E-state index contributed by atoms with van der Waals surface area (Å²) in [6.07, 6.45) is 4.92. The van der Waals surface area contributed by atoms with Crippen LogP contribution in [0.25, 0.3) is 0 Å². The highest BCUT2D eigenvalue weighted by Gasteiger charge is 2.22. The number of benzene rings is 1. The Morgan fingerprint density at radius 2 is 1.88 bits per heavy atom. The van der Waals surface area contributed by atoms with Crippen molar-refractivity contribution in [2.75, 3.05) is 20.3 Å². The van der Waals surface area contributed by atoms with Gasteiger partial charge in [-0.2, -0.15) is 0 Å². The normalized spacial score (nSPS) is 22.8. The molecule has 0 spiro atoms. The zero-order chi connectivity index (χ0) is 11.7. The lowest BCUT2D eigenvalue weighted by Gasteiger charge is -2.23. The molecular weight excluding hydrogens is 214 g/mol. The first-order valence-corrected chi connectivity index (χ1v) is 6.48. The second-order valence-corrected chi connectivity index (χ2v) is 4.78. The van der Waals surface area contributed by atoms with Crippen molar-refractivity contribution in [3.63, 3.8) is 0 Å². The molecule has 0 aromatic heterocycles. The van der Waals surface area contributed by atoms with Crippen LogP contribution in [0.5, 0.6) is 11.5 Å². The third-order valence-corrected chi connectivity index (χ3v) is 3.72. The molecule has 92 valence electrons. The first-order valence-electron chi connectivity index (χ1n) is 6.48. The third-order valence-electron chi connectivity index (χ3n) is 3.72. The van der Waals surface area contributed by atoms with Crippen molar-refractivity contribution >= 4 is 0 Å². The standard InChI is InChI=1S/C14H19NO2/c1-15-12-5-3-2-4-10-8-13-14(9-11(10)12)17-7-6-16-13/h8-9,12,15H,2-7H2,1H3. The highest BCUT2D eigenvalue weighted by Crippen LogP contribution is 2.38. The molecule has 2 aliphatic rings. The van der Waals surface area contributed by atoms with Gasteiger partial charge in [0.05, 0.1) is 0 Å². The van der Waals surface area contributed by atoms with Crippen LogP contribution in [-0.4, -0.2) is 20.3 Å². The van der Waals surface area contributed by atoms with Gasteiger partial charge in [-0.1, -0.05) is 6.42 Å².